The van der Waals surface area contributed by atoms with Crippen LogP contribution in [0.2, 0.25) is 0 Å². The highest BCUT2D eigenvalue weighted by molar-refractivity contribution is 9.10. The maximum atomic E-state index is 4.40. The molecule has 66 valence electrons. The van der Waals surface area contributed by atoms with Crippen molar-refractivity contribution < 1.29 is 0 Å². The Labute approximate surface area is 84.7 Å². The van der Waals surface area contributed by atoms with E-state index < -0.39 is 0 Å². The second kappa shape index (κ2) is 2.58. The van der Waals surface area contributed by atoms with E-state index in [1.165, 1.54) is 18.2 Å². The molecule has 2 heterocycles. The van der Waals surface area contributed by atoms with Gasteiger partial charge in [0.2, 0.25) is 0 Å². The van der Waals surface area contributed by atoms with E-state index in [9.17, 15) is 0 Å². The number of rotatable bonds is 1. The molecule has 0 aromatic carbocycles. The van der Waals surface area contributed by atoms with Gasteiger partial charge in [0, 0.05) is 28.3 Å². The summed E-state index contributed by atoms with van der Waals surface area (Å²) in [7, 11) is 0. The molecule has 1 aliphatic rings. The van der Waals surface area contributed by atoms with Crippen LogP contribution in [-0.4, -0.2) is 9.55 Å². The Morgan fingerprint density at radius 3 is 3.00 bits per heavy atom. The fourth-order valence-corrected chi connectivity index (χ4v) is 2.10. The molecule has 3 rings (SSSR count). The topological polar surface area (TPSA) is 17.8 Å². The van der Waals surface area contributed by atoms with Gasteiger partial charge in [0.25, 0.3) is 0 Å². The van der Waals surface area contributed by atoms with Crippen LogP contribution in [0, 0.1) is 0 Å². The molecule has 13 heavy (non-hydrogen) atoms. The minimum Gasteiger partial charge on any atom is -0.329 e. The maximum Gasteiger partial charge on any atom is 0.141 e. The summed E-state index contributed by atoms with van der Waals surface area (Å²) in [6, 6.07) is 4.82. The molecule has 0 radical (unpaired) electrons. The van der Waals surface area contributed by atoms with Gasteiger partial charge in [0.1, 0.15) is 5.65 Å². The van der Waals surface area contributed by atoms with E-state index in [1.807, 2.05) is 12.3 Å². The average Bonchev–Trinajstić information content (AvgIpc) is 2.87. The van der Waals surface area contributed by atoms with Crippen molar-refractivity contribution in [3.05, 3.63) is 29.0 Å². The van der Waals surface area contributed by atoms with Gasteiger partial charge >= 0.3 is 0 Å². The smallest absolute Gasteiger partial charge is 0.141 e. The quantitative estimate of drug-likeness (QED) is 0.744. The summed E-state index contributed by atoms with van der Waals surface area (Å²) < 4.78 is 3.41. The summed E-state index contributed by atoms with van der Waals surface area (Å²) in [6.45, 7) is 0. The van der Waals surface area contributed by atoms with Gasteiger partial charge in [-0.25, -0.2) is 4.98 Å². The lowest BCUT2D eigenvalue weighted by Crippen LogP contribution is -1.92. The predicted octanol–water partition coefficient (Wildman–Crippen LogP) is 3.13. The lowest BCUT2D eigenvalue weighted by atomic mass is 10.3. The average molecular weight is 237 g/mol. The Hall–Kier alpha value is -0.830. The second-order valence-corrected chi connectivity index (χ2v) is 4.34. The minimum absolute atomic E-state index is 0.708. The highest BCUT2D eigenvalue weighted by Crippen LogP contribution is 2.38. The lowest BCUT2D eigenvalue weighted by molar-refractivity contribution is 0.766. The lowest BCUT2D eigenvalue weighted by Gasteiger charge is -2.00. The first kappa shape index (κ1) is 7.56. The van der Waals surface area contributed by atoms with Crippen molar-refractivity contribution in [2.75, 3.05) is 0 Å². The molecule has 3 heteroatoms. The summed E-state index contributed by atoms with van der Waals surface area (Å²) in [4.78, 5) is 4.40. The third kappa shape index (κ3) is 1.10. The highest BCUT2D eigenvalue weighted by atomic mass is 79.9. The number of hydrogen-bond acceptors (Lipinski definition) is 1. The highest BCUT2D eigenvalue weighted by Gasteiger charge is 2.24. The molecule has 2 nitrogen and oxygen atoms in total. The molecule has 0 N–H and O–H groups in total. The zero-order valence-corrected chi connectivity index (χ0v) is 8.66. The molecule has 0 aliphatic heterocycles. The van der Waals surface area contributed by atoms with Crippen molar-refractivity contribution in [3.63, 3.8) is 0 Å². The van der Waals surface area contributed by atoms with Crippen molar-refractivity contribution >= 4 is 27.0 Å². The number of fused-ring (bicyclic) bond motifs is 1. The molecule has 0 saturated heterocycles. The maximum absolute atomic E-state index is 4.40. The third-order valence-electron chi connectivity index (χ3n) is 2.50. The zero-order chi connectivity index (χ0) is 8.84. The Balaban J connectivity index is 2.32. The van der Waals surface area contributed by atoms with Crippen LogP contribution in [0.3, 0.4) is 0 Å². The number of halogens is 1. The predicted molar refractivity (Wildman–Crippen MR) is 55.7 cm³/mol. The van der Waals surface area contributed by atoms with Crippen molar-refractivity contribution in [1.82, 2.24) is 9.55 Å². The minimum atomic E-state index is 0.708. The van der Waals surface area contributed by atoms with Crippen molar-refractivity contribution in [3.8, 4) is 0 Å². The van der Waals surface area contributed by atoms with Crippen LogP contribution in [0.15, 0.2) is 29.0 Å². The fourth-order valence-electron chi connectivity index (χ4n) is 1.67. The SMILES string of the molecule is Brc1ccnc2c1ccn2C1CC1. The van der Waals surface area contributed by atoms with E-state index in [0.717, 1.165) is 10.1 Å². The first-order valence-electron chi connectivity index (χ1n) is 4.47. The van der Waals surface area contributed by atoms with Gasteiger partial charge in [-0.2, -0.15) is 0 Å². The standard InChI is InChI=1S/C10H9BrN2/c11-9-3-5-12-10-8(9)4-6-13(10)7-1-2-7/h3-7H,1-2H2. The number of hydrogen-bond donors (Lipinski definition) is 0. The van der Waals surface area contributed by atoms with Gasteiger partial charge in [-0.3, -0.25) is 0 Å². The monoisotopic (exact) mass is 236 g/mol. The normalized spacial score (nSPS) is 16.7. The molecule has 1 fully saturated rings. The number of nitrogens with zero attached hydrogens (tertiary/aromatic N) is 2. The van der Waals surface area contributed by atoms with Crippen molar-refractivity contribution in [1.29, 1.82) is 0 Å². The molecular weight excluding hydrogens is 228 g/mol. The van der Waals surface area contributed by atoms with E-state index in [0.29, 0.717) is 6.04 Å². The fraction of sp³-hybridized carbons (Fsp3) is 0.300. The third-order valence-corrected chi connectivity index (χ3v) is 3.19. The van der Waals surface area contributed by atoms with Gasteiger partial charge < -0.3 is 4.57 Å². The Morgan fingerprint density at radius 2 is 2.23 bits per heavy atom. The Bertz CT molecular complexity index is 457. The molecular formula is C10H9BrN2. The molecule has 1 saturated carbocycles. The van der Waals surface area contributed by atoms with Crippen molar-refractivity contribution in [2.45, 2.75) is 18.9 Å². The van der Waals surface area contributed by atoms with Gasteiger partial charge in [0.05, 0.1) is 0 Å². The number of pyridine rings is 1. The van der Waals surface area contributed by atoms with Gasteiger partial charge in [-0.05, 0) is 40.9 Å². The molecule has 2 aromatic rings. The van der Waals surface area contributed by atoms with E-state index in [2.05, 4.69) is 37.7 Å². The summed E-state index contributed by atoms with van der Waals surface area (Å²) in [6.07, 6.45) is 6.60. The first-order chi connectivity index (χ1) is 6.36. The second-order valence-electron chi connectivity index (χ2n) is 3.48. The van der Waals surface area contributed by atoms with Gasteiger partial charge in [-0.15, -0.1) is 0 Å². The van der Waals surface area contributed by atoms with Crippen LogP contribution >= 0.6 is 15.9 Å². The van der Waals surface area contributed by atoms with Crippen LogP contribution in [0.4, 0.5) is 0 Å². The van der Waals surface area contributed by atoms with E-state index in [-0.39, 0.29) is 0 Å². The van der Waals surface area contributed by atoms with E-state index in [1.54, 1.807) is 0 Å². The molecule has 0 amide bonds. The molecule has 1 aliphatic carbocycles. The van der Waals surface area contributed by atoms with Crippen LogP contribution < -0.4 is 0 Å². The molecule has 0 unspecified atom stereocenters. The van der Waals surface area contributed by atoms with E-state index in [4.69, 9.17) is 0 Å². The zero-order valence-electron chi connectivity index (χ0n) is 7.07. The molecule has 0 atom stereocenters. The van der Waals surface area contributed by atoms with E-state index >= 15 is 0 Å². The summed E-state index contributed by atoms with van der Waals surface area (Å²) >= 11 is 3.53. The summed E-state index contributed by atoms with van der Waals surface area (Å²) in [5.41, 5.74) is 1.11. The molecule has 0 bridgehead atoms. The van der Waals surface area contributed by atoms with Crippen LogP contribution in [0.1, 0.15) is 18.9 Å². The van der Waals surface area contributed by atoms with Gasteiger partial charge in [-0.1, -0.05) is 0 Å². The number of aromatic nitrogens is 2. The van der Waals surface area contributed by atoms with Crippen molar-refractivity contribution in [2.24, 2.45) is 0 Å². The summed E-state index contributed by atoms with van der Waals surface area (Å²) in [5.74, 6) is 0. The Morgan fingerprint density at radius 1 is 1.38 bits per heavy atom. The molecule has 0 spiro atoms. The van der Waals surface area contributed by atoms with Gasteiger partial charge in [0.15, 0.2) is 0 Å². The summed E-state index contributed by atoms with van der Waals surface area (Å²) in [5, 5.41) is 1.22. The Kier molecular flexibility index (Phi) is 1.50. The first-order valence-corrected chi connectivity index (χ1v) is 5.26. The molecule has 2 aromatic heterocycles. The van der Waals surface area contributed by atoms with Crippen LogP contribution in [-0.2, 0) is 0 Å². The van der Waals surface area contributed by atoms with Crippen LogP contribution in [0.25, 0.3) is 11.0 Å². The largest absolute Gasteiger partial charge is 0.329 e. The van der Waals surface area contributed by atoms with Crippen LogP contribution in [0.5, 0.6) is 0 Å².